The molecule has 0 aliphatic heterocycles. The Morgan fingerprint density at radius 1 is 1.11 bits per heavy atom. The maximum Gasteiger partial charge on any atom is 0.421 e. The molecule has 14 heteroatoms. The molecule has 1 amide bonds. The third-order valence-electron chi connectivity index (χ3n) is 6.62. The van der Waals surface area contributed by atoms with Gasteiger partial charge in [-0.25, -0.2) is 18.1 Å². The number of carbonyl (C=O) groups excluding carboxylic acids is 1. The van der Waals surface area contributed by atoms with Gasteiger partial charge in [0.2, 0.25) is 22.7 Å². The number of nitrogens with one attached hydrogen (secondary N) is 3. The summed E-state index contributed by atoms with van der Waals surface area (Å²) in [6, 6.07) is 6.09. The molecule has 202 valence electrons. The number of anilines is 3. The average molecular weight is 540 g/mol. The van der Waals surface area contributed by atoms with Crippen LogP contribution in [0.2, 0.25) is 0 Å². The van der Waals surface area contributed by atoms with Crippen LogP contribution in [0.1, 0.15) is 67.3 Å². The lowest BCUT2D eigenvalue weighted by molar-refractivity contribution is -0.137. The molecule has 3 rings (SSSR count). The number of nitrogens with zero attached hydrogens (tertiary/aromatic N) is 2. The number of thiol groups is 1. The van der Waals surface area contributed by atoms with Crippen molar-refractivity contribution in [3.05, 3.63) is 41.6 Å². The standard InChI is InChI=1S/C23H32BF3N6O3S/c24-22(33-37(35)36)11-3-1-2-5-15(6-4-12-22)13-29-20-18(23(25,26)27)14-30-21(32-20)31-17-9-7-16(8-10-17)19(28)34/h7-10,14-15,37H,1-6,11-13,24H2,(H2,28,34)(H,33,35,36)(H2,29,30,31,32). The molecule has 1 aromatic carbocycles. The predicted molar refractivity (Wildman–Crippen MR) is 139 cm³/mol. The molecule has 0 bridgehead atoms. The van der Waals surface area contributed by atoms with Gasteiger partial charge in [-0.1, -0.05) is 25.7 Å². The van der Waals surface area contributed by atoms with E-state index < -0.39 is 34.0 Å². The van der Waals surface area contributed by atoms with Gasteiger partial charge in [-0.05, 0) is 55.9 Å². The smallest absolute Gasteiger partial charge is 0.369 e. The number of hydrogen-bond donors (Lipinski definition) is 5. The Morgan fingerprint density at radius 2 is 1.78 bits per heavy atom. The van der Waals surface area contributed by atoms with Crippen LogP contribution >= 0.6 is 0 Å². The monoisotopic (exact) mass is 540 g/mol. The fraction of sp³-hybridized carbons (Fsp3) is 0.522. The molecule has 0 radical (unpaired) electrons. The van der Waals surface area contributed by atoms with Gasteiger partial charge in [-0.15, -0.1) is 0 Å². The average Bonchev–Trinajstić information content (AvgIpc) is 2.81. The number of primary amides is 1. The molecule has 1 aromatic heterocycles. The van der Waals surface area contributed by atoms with E-state index in [9.17, 15) is 26.4 Å². The highest BCUT2D eigenvalue weighted by molar-refractivity contribution is 7.70. The number of aromatic nitrogens is 2. The maximum atomic E-state index is 13.7. The molecule has 1 aliphatic rings. The van der Waals surface area contributed by atoms with Gasteiger partial charge in [-0.2, -0.15) is 18.2 Å². The van der Waals surface area contributed by atoms with Crippen molar-refractivity contribution in [1.82, 2.24) is 14.7 Å². The Hall–Kier alpha value is -2.87. The minimum atomic E-state index is -4.64. The lowest BCUT2D eigenvalue weighted by Gasteiger charge is -2.31. The fourth-order valence-electron chi connectivity index (χ4n) is 4.58. The summed E-state index contributed by atoms with van der Waals surface area (Å²) < 4.78 is 66.1. The Kier molecular flexibility index (Phi) is 9.77. The molecular formula is C23H32BF3N6O3S. The fourth-order valence-corrected chi connectivity index (χ4v) is 5.25. The van der Waals surface area contributed by atoms with Crippen molar-refractivity contribution in [3.63, 3.8) is 0 Å². The molecule has 2 atom stereocenters. The first-order chi connectivity index (χ1) is 17.4. The number of benzene rings is 1. The van der Waals surface area contributed by atoms with Crippen LogP contribution in [0.5, 0.6) is 0 Å². The summed E-state index contributed by atoms with van der Waals surface area (Å²) in [5.74, 6) is -0.823. The molecule has 2 unspecified atom stereocenters. The predicted octanol–water partition coefficient (Wildman–Crippen LogP) is 2.95. The van der Waals surface area contributed by atoms with Gasteiger partial charge in [0.1, 0.15) is 19.2 Å². The summed E-state index contributed by atoms with van der Waals surface area (Å²) in [5.41, 5.74) is 4.55. The number of halogens is 3. The lowest BCUT2D eigenvalue weighted by Crippen LogP contribution is -2.45. The van der Waals surface area contributed by atoms with Crippen LogP contribution in [-0.4, -0.2) is 44.1 Å². The van der Waals surface area contributed by atoms with Gasteiger partial charge in [0.15, 0.2) is 0 Å². The second kappa shape index (κ2) is 12.6. The second-order valence-electron chi connectivity index (χ2n) is 9.69. The van der Waals surface area contributed by atoms with Crippen LogP contribution in [-0.2, 0) is 17.1 Å². The number of alkyl halides is 3. The Balaban J connectivity index is 1.71. The largest absolute Gasteiger partial charge is 0.421 e. The molecular weight excluding hydrogens is 508 g/mol. The summed E-state index contributed by atoms with van der Waals surface area (Å²) in [6.45, 7) is 0.298. The summed E-state index contributed by atoms with van der Waals surface area (Å²) in [4.78, 5) is 19.1. The van der Waals surface area contributed by atoms with E-state index in [1.54, 1.807) is 12.1 Å². The minimum Gasteiger partial charge on any atom is -0.369 e. The summed E-state index contributed by atoms with van der Waals surface area (Å²) in [6.07, 6.45) is 2.61. The summed E-state index contributed by atoms with van der Waals surface area (Å²) in [7, 11) is -0.805. The van der Waals surface area contributed by atoms with Crippen LogP contribution in [0.3, 0.4) is 0 Å². The number of carbonyl (C=O) groups is 1. The van der Waals surface area contributed by atoms with Gasteiger partial charge < -0.3 is 16.4 Å². The molecule has 37 heavy (non-hydrogen) atoms. The van der Waals surface area contributed by atoms with E-state index in [-0.39, 0.29) is 17.7 Å². The second-order valence-corrected chi connectivity index (χ2v) is 10.4. The van der Waals surface area contributed by atoms with Crippen LogP contribution in [0, 0.1) is 5.92 Å². The molecule has 1 saturated carbocycles. The molecule has 0 saturated heterocycles. The lowest BCUT2D eigenvalue weighted by atomic mass is 9.70. The first-order valence-electron chi connectivity index (χ1n) is 12.2. The van der Waals surface area contributed by atoms with Crippen LogP contribution in [0.4, 0.5) is 30.6 Å². The van der Waals surface area contributed by atoms with Gasteiger partial charge in [-0.3, -0.25) is 4.79 Å². The van der Waals surface area contributed by atoms with Crippen LogP contribution in [0.25, 0.3) is 0 Å². The molecule has 0 spiro atoms. The van der Waals surface area contributed by atoms with E-state index in [4.69, 9.17) is 5.73 Å². The quantitative estimate of drug-likeness (QED) is 0.256. The topological polar surface area (TPSA) is 139 Å². The van der Waals surface area contributed by atoms with Crippen molar-refractivity contribution >= 4 is 42.1 Å². The third-order valence-corrected chi connectivity index (χ3v) is 7.34. The van der Waals surface area contributed by atoms with E-state index in [2.05, 4.69) is 25.3 Å². The minimum absolute atomic E-state index is 0.0261. The first kappa shape index (κ1) is 28.7. The zero-order valence-corrected chi connectivity index (χ0v) is 21.5. The van der Waals surface area contributed by atoms with Crippen molar-refractivity contribution in [2.75, 3.05) is 17.2 Å². The van der Waals surface area contributed by atoms with E-state index in [1.165, 1.54) is 12.1 Å². The molecule has 9 nitrogen and oxygen atoms in total. The summed E-state index contributed by atoms with van der Waals surface area (Å²) in [5, 5.41) is 5.74. The first-order valence-corrected chi connectivity index (χ1v) is 13.4. The molecule has 2 aromatic rings. The van der Waals surface area contributed by atoms with Crippen molar-refractivity contribution in [3.8, 4) is 0 Å². The summed E-state index contributed by atoms with van der Waals surface area (Å²) >= 11 is 0. The zero-order chi connectivity index (χ0) is 27.1. The van der Waals surface area contributed by atoms with Gasteiger partial charge in [0, 0.05) is 29.4 Å². The number of amides is 1. The van der Waals surface area contributed by atoms with Gasteiger partial charge >= 0.3 is 6.18 Å². The molecule has 1 aliphatic carbocycles. The Morgan fingerprint density at radius 3 is 2.43 bits per heavy atom. The SMILES string of the molecule is BC1(N[SH](=O)=O)CCCCCC(CNc2nc(Nc3ccc(C(N)=O)cc3)ncc2C(F)(F)F)CCC1. The Bertz CT molecular complexity index is 1140. The normalized spacial score (nSPS) is 21.4. The van der Waals surface area contributed by atoms with Crippen LogP contribution < -0.4 is 21.1 Å². The highest BCUT2D eigenvalue weighted by atomic mass is 32.2. The van der Waals surface area contributed by atoms with Gasteiger partial charge in [0.05, 0.1) is 0 Å². The maximum absolute atomic E-state index is 13.7. The van der Waals surface area contributed by atoms with E-state index in [0.29, 0.717) is 24.2 Å². The van der Waals surface area contributed by atoms with Crippen molar-refractivity contribution in [1.29, 1.82) is 0 Å². The Labute approximate surface area is 216 Å². The third kappa shape index (κ3) is 8.88. The van der Waals surface area contributed by atoms with Crippen LogP contribution in [0.15, 0.2) is 30.5 Å². The van der Waals surface area contributed by atoms with Crippen molar-refractivity contribution in [2.24, 2.45) is 11.7 Å². The molecule has 1 heterocycles. The molecule has 5 N–H and O–H groups in total. The number of rotatable bonds is 8. The zero-order valence-electron chi connectivity index (χ0n) is 20.6. The number of hydrogen-bond acceptors (Lipinski definition) is 7. The van der Waals surface area contributed by atoms with E-state index in [0.717, 1.165) is 51.1 Å². The number of nitrogens with two attached hydrogens (primary N) is 1. The van der Waals surface area contributed by atoms with Gasteiger partial charge in [0.25, 0.3) is 0 Å². The van der Waals surface area contributed by atoms with E-state index >= 15 is 0 Å². The van der Waals surface area contributed by atoms with E-state index in [1.807, 2.05) is 7.85 Å². The highest BCUT2D eigenvalue weighted by Crippen LogP contribution is 2.35. The van der Waals surface area contributed by atoms with Crippen molar-refractivity contribution < 1.29 is 26.4 Å². The molecule has 1 fully saturated rings. The highest BCUT2D eigenvalue weighted by Gasteiger charge is 2.35. The van der Waals surface area contributed by atoms with Crippen molar-refractivity contribution in [2.45, 2.75) is 63.0 Å².